The second-order valence-corrected chi connectivity index (χ2v) is 5.13. The summed E-state index contributed by atoms with van der Waals surface area (Å²) in [6, 6.07) is 14.8. The Morgan fingerprint density at radius 2 is 1.80 bits per heavy atom. The summed E-state index contributed by atoms with van der Waals surface area (Å²) >= 11 is 0. The minimum Gasteiger partial charge on any atom is -0.462 e. The SMILES string of the molecule is CCOC(=O)c1c(-c2ccccc2)noc1-c1ccc([N+](=O)[O-])cc1. The van der Waals surface area contributed by atoms with Crippen molar-refractivity contribution in [2.24, 2.45) is 0 Å². The van der Waals surface area contributed by atoms with E-state index >= 15 is 0 Å². The highest BCUT2D eigenvalue weighted by Gasteiger charge is 2.26. The van der Waals surface area contributed by atoms with E-state index in [1.165, 1.54) is 24.3 Å². The quantitative estimate of drug-likeness (QED) is 0.395. The van der Waals surface area contributed by atoms with Gasteiger partial charge in [-0.1, -0.05) is 35.5 Å². The zero-order chi connectivity index (χ0) is 17.8. The van der Waals surface area contributed by atoms with Gasteiger partial charge >= 0.3 is 5.97 Å². The van der Waals surface area contributed by atoms with Gasteiger partial charge in [0.1, 0.15) is 11.3 Å². The Balaban J connectivity index is 2.12. The summed E-state index contributed by atoms with van der Waals surface area (Å²) in [4.78, 5) is 22.7. The second kappa shape index (κ2) is 6.96. The van der Waals surface area contributed by atoms with Crippen LogP contribution in [0.2, 0.25) is 0 Å². The summed E-state index contributed by atoms with van der Waals surface area (Å²) in [6.45, 7) is 1.91. The van der Waals surface area contributed by atoms with Crippen LogP contribution in [0.4, 0.5) is 5.69 Å². The first-order valence-corrected chi connectivity index (χ1v) is 7.59. The third-order valence-electron chi connectivity index (χ3n) is 3.56. The second-order valence-electron chi connectivity index (χ2n) is 5.13. The highest BCUT2D eigenvalue weighted by Crippen LogP contribution is 2.33. The lowest BCUT2D eigenvalue weighted by atomic mass is 10.0. The summed E-state index contributed by atoms with van der Waals surface area (Å²) in [5.74, 6) is -0.344. The fraction of sp³-hybridized carbons (Fsp3) is 0.111. The van der Waals surface area contributed by atoms with Gasteiger partial charge in [-0.2, -0.15) is 0 Å². The van der Waals surface area contributed by atoms with Gasteiger partial charge in [-0.25, -0.2) is 4.79 Å². The molecule has 1 aromatic heterocycles. The first-order chi connectivity index (χ1) is 12.1. The van der Waals surface area contributed by atoms with Crippen LogP contribution in [0.1, 0.15) is 17.3 Å². The first kappa shape index (κ1) is 16.4. The molecule has 0 aliphatic heterocycles. The van der Waals surface area contributed by atoms with Crippen molar-refractivity contribution in [3.05, 3.63) is 70.3 Å². The topological polar surface area (TPSA) is 95.5 Å². The molecular weight excluding hydrogens is 324 g/mol. The van der Waals surface area contributed by atoms with Crippen molar-refractivity contribution in [1.29, 1.82) is 0 Å². The lowest BCUT2D eigenvalue weighted by molar-refractivity contribution is -0.384. The van der Waals surface area contributed by atoms with Crippen molar-refractivity contribution in [2.45, 2.75) is 6.92 Å². The van der Waals surface area contributed by atoms with Crippen molar-refractivity contribution in [3.8, 4) is 22.6 Å². The Kier molecular flexibility index (Phi) is 4.56. The van der Waals surface area contributed by atoms with E-state index in [4.69, 9.17) is 9.26 Å². The average molecular weight is 338 g/mol. The van der Waals surface area contributed by atoms with Crippen molar-refractivity contribution in [2.75, 3.05) is 6.61 Å². The molecule has 0 unspecified atom stereocenters. The van der Waals surface area contributed by atoms with E-state index in [0.29, 0.717) is 16.8 Å². The number of nitro groups is 1. The van der Waals surface area contributed by atoms with Gasteiger partial charge in [-0.3, -0.25) is 10.1 Å². The molecule has 25 heavy (non-hydrogen) atoms. The number of nitro benzene ring substituents is 1. The van der Waals surface area contributed by atoms with Gasteiger partial charge in [0.05, 0.1) is 11.5 Å². The van der Waals surface area contributed by atoms with Crippen LogP contribution in [0, 0.1) is 10.1 Å². The summed E-state index contributed by atoms with van der Waals surface area (Å²) in [5, 5.41) is 14.8. The molecule has 3 aromatic rings. The smallest absolute Gasteiger partial charge is 0.344 e. The number of hydrogen-bond acceptors (Lipinski definition) is 6. The van der Waals surface area contributed by atoms with Crippen LogP contribution in [-0.4, -0.2) is 22.7 Å². The molecule has 0 radical (unpaired) electrons. The maximum atomic E-state index is 12.4. The van der Waals surface area contributed by atoms with E-state index in [1.54, 1.807) is 19.1 Å². The van der Waals surface area contributed by atoms with Crippen LogP contribution in [-0.2, 0) is 4.74 Å². The minimum atomic E-state index is -0.559. The first-order valence-electron chi connectivity index (χ1n) is 7.59. The number of ether oxygens (including phenoxy) is 1. The molecule has 126 valence electrons. The predicted molar refractivity (Wildman–Crippen MR) is 90.0 cm³/mol. The maximum Gasteiger partial charge on any atom is 0.344 e. The number of esters is 1. The van der Waals surface area contributed by atoms with Crippen molar-refractivity contribution < 1.29 is 19.0 Å². The van der Waals surface area contributed by atoms with E-state index in [0.717, 1.165) is 0 Å². The molecular formula is C18H14N2O5. The molecule has 0 saturated carbocycles. The molecule has 3 rings (SSSR count). The molecule has 0 saturated heterocycles. The number of carbonyl (C=O) groups is 1. The van der Waals surface area contributed by atoms with Gasteiger partial charge in [0.25, 0.3) is 5.69 Å². The molecule has 0 aliphatic rings. The van der Waals surface area contributed by atoms with Gasteiger partial charge in [0, 0.05) is 23.3 Å². The van der Waals surface area contributed by atoms with E-state index in [9.17, 15) is 14.9 Å². The molecule has 2 aromatic carbocycles. The highest BCUT2D eigenvalue weighted by atomic mass is 16.6. The largest absolute Gasteiger partial charge is 0.462 e. The molecule has 7 nitrogen and oxygen atoms in total. The number of rotatable bonds is 5. The van der Waals surface area contributed by atoms with Gasteiger partial charge < -0.3 is 9.26 Å². The standard InChI is InChI=1S/C18H14N2O5/c1-2-24-18(21)15-16(12-6-4-3-5-7-12)19-25-17(15)13-8-10-14(11-9-13)20(22)23/h3-11H,2H2,1H3. The monoisotopic (exact) mass is 338 g/mol. The van der Waals surface area contributed by atoms with Crippen LogP contribution in [0.25, 0.3) is 22.6 Å². The average Bonchev–Trinajstić information content (AvgIpc) is 3.08. The fourth-order valence-corrected chi connectivity index (χ4v) is 2.41. The molecule has 0 N–H and O–H groups in total. The number of non-ortho nitro benzene ring substituents is 1. The third-order valence-corrected chi connectivity index (χ3v) is 3.56. The minimum absolute atomic E-state index is 0.0516. The number of hydrogen-bond donors (Lipinski definition) is 0. The Morgan fingerprint density at radius 1 is 1.12 bits per heavy atom. The van der Waals surface area contributed by atoms with E-state index in [-0.39, 0.29) is 23.6 Å². The molecule has 0 spiro atoms. The molecule has 0 amide bonds. The number of benzene rings is 2. The number of aromatic nitrogens is 1. The lowest BCUT2D eigenvalue weighted by Crippen LogP contribution is -2.06. The Hall–Kier alpha value is -3.48. The van der Waals surface area contributed by atoms with Gasteiger partial charge in [-0.15, -0.1) is 0 Å². The number of nitrogens with zero attached hydrogens (tertiary/aromatic N) is 2. The van der Waals surface area contributed by atoms with E-state index in [2.05, 4.69) is 5.16 Å². The Labute approximate surface area is 143 Å². The van der Waals surface area contributed by atoms with E-state index < -0.39 is 10.9 Å². The van der Waals surface area contributed by atoms with Crippen molar-refractivity contribution in [3.63, 3.8) is 0 Å². The predicted octanol–water partition coefficient (Wildman–Crippen LogP) is 4.09. The van der Waals surface area contributed by atoms with Crippen LogP contribution in [0.15, 0.2) is 59.1 Å². The van der Waals surface area contributed by atoms with Crippen LogP contribution < -0.4 is 0 Å². The lowest BCUT2D eigenvalue weighted by Gasteiger charge is -2.04. The molecule has 0 aliphatic carbocycles. The maximum absolute atomic E-state index is 12.4. The zero-order valence-electron chi connectivity index (χ0n) is 13.3. The molecule has 0 bridgehead atoms. The fourth-order valence-electron chi connectivity index (χ4n) is 2.41. The summed E-state index contributed by atoms with van der Waals surface area (Å²) in [6.07, 6.45) is 0. The van der Waals surface area contributed by atoms with Gasteiger partial charge in [0.15, 0.2) is 5.76 Å². The van der Waals surface area contributed by atoms with Crippen molar-refractivity contribution in [1.82, 2.24) is 5.16 Å². The van der Waals surface area contributed by atoms with Crippen LogP contribution >= 0.6 is 0 Å². The number of carbonyl (C=O) groups excluding carboxylic acids is 1. The molecule has 0 fully saturated rings. The zero-order valence-corrected chi connectivity index (χ0v) is 13.3. The summed E-state index contributed by atoms with van der Waals surface area (Å²) in [7, 11) is 0. The normalized spacial score (nSPS) is 10.4. The van der Waals surface area contributed by atoms with E-state index in [1.807, 2.05) is 18.2 Å². The Bertz CT molecular complexity index is 901. The summed E-state index contributed by atoms with van der Waals surface area (Å²) in [5.41, 5.74) is 1.73. The molecule has 1 heterocycles. The van der Waals surface area contributed by atoms with Crippen LogP contribution in [0.3, 0.4) is 0 Å². The Morgan fingerprint density at radius 3 is 2.40 bits per heavy atom. The van der Waals surface area contributed by atoms with Gasteiger partial charge in [-0.05, 0) is 19.1 Å². The van der Waals surface area contributed by atoms with Crippen molar-refractivity contribution >= 4 is 11.7 Å². The third kappa shape index (κ3) is 3.25. The molecule has 0 atom stereocenters. The molecule has 7 heteroatoms. The highest BCUT2D eigenvalue weighted by molar-refractivity contribution is 6.01. The van der Waals surface area contributed by atoms with Crippen LogP contribution in [0.5, 0.6) is 0 Å². The summed E-state index contributed by atoms with van der Waals surface area (Å²) < 4.78 is 10.5. The van der Waals surface area contributed by atoms with Gasteiger partial charge in [0.2, 0.25) is 0 Å².